The first-order valence-electron chi connectivity index (χ1n) is 7.73. The maximum absolute atomic E-state index is 5.52. The van der Waals surface area contributed by atoms with Crippen LogP contribution in [0.2, 0.25) is 0 Å². The van der Waals surface area contributed by atoms with E-state index >= 15 is 0 Å². The summed E-state index contributed by atoms with van der Waals surface area (Å²) in [7, 11) is 3.84. The Morgan fingerprint density at radius 1 is 1.35 bits per heavy atom. The third-order valence-corrected chi connectivity index (χ3v) is 4.82. The van der Waals surface area contributed by atoms with E-state index in [-0.39, 0.29) is 0 Å². The number of hydrogen-bond acceptors (Lipinski definition) is 3. The summed E-state index contributed by atoms with van der Waals surface area (Å²) in [4.78, 5) is 4.67. The van der Waals surface area contributed by atoms with Crippen molar-refractivity contribution in [2.75, 3.05) is 14.2 Å². The van der Waals surface area contributed by atoms with E-state index in [4.69, 9.17) is 4.74 Å². The van der Waals surface area contributed by atoms with Crippen molar-refractivity contribution in [3.05, 3.63) is 23.0 Å². The van der Waals surface area contributed by atoms with Crippen LogP contribution in [0, 0.1) is 25.7 Å². The highest BCUT2D eigenvalue weighted by Gasteiger charge is 2.28. The molecule has 1 fully saturated rings. The van der Waals surface area contributed by atoms with Gasteiger partial charge in [-0.2, -0.15) is 0 Å². The van der Waals surface area contributed by atoms with E-state index in [1.165, 1.54) is 30.5 Å². The van der Waals surface area contributed by atoms with Gasteiger partial charge >= 0.3 is 0 Å². The molecule has 1 aromatic heterocycles. The Morgan fingerprint density at radius 3 is 2.75 bits per heavy atom. The van der Waals surface area contributed by atoms with Crippen molar-refractivity contribution < 1.29 is 4.74 Å². The number of hydrogen-bond donors (Lipinski definition) is 1. The third kappa shape index (κ3) is 3.14. The lowest BCUT2D eigenvalue weighted by Gasteiger charge is -2.35. The predicted octanol–water partition coefficient (Wildman–Crippen LogP) is 3.27. The quantitative estimate of drug-likeness (QED) is 0.916. The SMILES string of the molecule is CNC1CCC(C)CC1Cc1ncc(C)c(OC)c1C. The van der Waals surface area contributed by atoms with Gasteiger partial charge in [0.15, 0.2) is 0 Å². The minimum atomic E-state index is 0.625. The Kier molecular flexibility index (Phi) is 5.03. The Morgan fingerprint density at radius 2 is 2.10 bits per heavy atom. The van der Waals surface area contributed by atoms with Gasteiger partial charge in [-0.1, -0.05) is 6.92 Å². The zero-order valence-electron chi connectivity index (χ0n) is 13.5. The van der Waals surface area contributed by atoms with Crippen LogP contribution in [0.1, 0.15) is 43.0 Å². The molecule has 1 saturated carbocycles. The second-order valence-corrected chi connectivity index (χ2v) is 6.32. The lowest BCUT2D eigenvalue weighted by Crippen LogP contribution is -2.39. The van der Waals surface area contributed by atoms with Gasteiger partial charge in [0.05, 0.1) is 7.11 Å². The van der Waals surface area contributed by atoms with Crippen LogP contribution in [0.15, 0.2) is 6.20 Å². The molecule has 1 heterocycles. The molecule has 0 aromatic carbocycles. The summed E-state index contributed by atoms with van der Waals surface area (Å²) in [5.41, 5.74) is 3.53. The normalized spacial score (nSPS) is 26.6. The summed E-state index contributed by atoms with van der Waals surface area (Å²) >= 11 is 0. The first-order valence-corrected chi connectivity index (χ1v) is 7.73. The van der Waals surface area contributed by atoms with E-state index in [0.717, 1.165) is 23.7 Å². The maximum atomic E-state index is 5.52. The zero-order valence-corrected chi connectivity index (χ0v) is 13.5. The summed E-state index contributed by atoms with van der Waals surface area (Å²) in [5.74, 6) is 2.51. The molecule has 2 rings (SSSR count). The number of aromatic nitrogens is 1. The molecule has 0 amide bonds. The van der Waals surface area contributed by atoms with Gasteiger partial charge < -0.3 is 10.1 Å². The fourth-order valence-corrected chi connectivity index (χ4v) is 3.63. The fourth-order valence-electron chi connectivity index (χ4n) is 3.63. The fraction of sp³-hybridized carbons (Fsp3) is 0.706. The topological polar surface area (TPSA) is 34.2 Å². The van der Waals surface area contributed by atoms with Gasteiger partial charge in [-0.25, -0.2) is 0 Å². The lowest BCUT2D eigenvalue weighted by molar-refractivity contribution is 0.218. The maximum Gasteiger partial charge on any atom is 0.128 e. The van der Waals surface area contributed by atoms with Crippen molar-refractivity contribution >= 4 is 0 Å². The summed E-state index contributed by atoms with van der Waals surface area (Å²) in [6, 6.07) is 0.625. The minimum Gasteiger partial charge on any atom is -0.496 e. The number of methoxy groups -OCH3 is 1. The van der Waals surface area contributed by atoms with Crippen LogP contribution in [-0.4, -0.2) is 25.2 Å². The molecule has 0 bridgehead atoms. The van der Waals surface area contributed by atoms with Gasteiger partial charge in [0, 0.05) is 29.1 Å². The average molecular weight is 276 g/mol. The van der Waals surface area contributed by atoms with Crippen LogP contribution < -0.4 is 10.1 Å². The molecule has 20 heavy (non-hydrogen) atoms. The monoisotopic (exact) mass is 276 g/mol. The van der Waals surface area contributed by atoms with Crippen molar-refractivity contribution in [3.8, 4) is 5.75 Å². The third-order valence-electron chi connectivity index (χ3n) is 4.82. The molecule has 1 aliphatic carbocycles. The summed E-state index contributed by atoms with van der Waals surface area (Å²) in [6.07, 6.45) is 6.92. The number of nitrogens with zero attached hydrogens (tertiary/aromatic N) is 1. The molecule has 3 heteroatoms. The van der Waals surface area contributed by atoms with E-state index in [1.807, 2.05) is 6.20 Å². The number of pyridine rings is 1. The first-order chi connectivity index (χ1) is 9.56. The second-order valence-electron chi connectivity index (χ2n) is 6.32. The van der Waals surface area contributed by atoms with Crippen LogP contribution in [0.4, 0.5) is 0 Å². The standard InChI is InChI=1S/C17H28N2O/c1-11-6-7-15(18-4)14(8-11)9-16-13(3)17(20-5)12(2)10-19-16/h10-11,14-15,18H,6-9H2,1-5H3. The highest BCUT2D eigenvalue weighted by molar-refractivity contribution is 5.41. The Bertz CT molecular complexity index is 459. The van der Waals surface area contributed by atoms with Crippen LogP contribution in [-0.2, 0) is 6.42 Å². The average Bonchev–Trinajstić information content (AvgIpc) is 2.43. The molecule has 1 aliphatic rings. The second kappa shape index (κ2) is 6.57. The van der Waals surface area contributed by atoms with Crippen molar-refractivity contribution in [2.24, 2.45) is 11.8 Å². The largest absolute Gasteiger partial charge is 0.496 e. The molecule has 3 unspecified atom stereocenters. The van der Waals surface area contributed by atoms with Gasteiger partial charge in [-0.3, -0.25) is 4.98 Å². The molecule has 3 nitrogen and oxygen atoms in total. The molecular weight excluding hydrogens is 248 g/mol. The Hall–Kier alpha value is -1.09. The minimum absolute atomic E-state index is 0.625. The molecule has 112 valence electrons. The van der Waals surface area contributed by atoms with Crippen molar-refractivity contribution in [1.29, 1.82) is 0 Å². The van der Waals surface area contributed by atoms with Gasteiger partial charge in [0.25, 0.3) is 0 Å². The summed E-state index contributed by atoms with van der Waals surface area (Å²) < 4.78 is 5.52. The Balaban J connectivity index is 2.20. The van der Waals surface area contributed by atoms with Gasteiger partial charge in [0.2, 0.25) is 0 Å². The number of aryl methyl sites for hydroxylation is 1. The van der Waals surface area contributed by atoms with Gasteiger partial charge in [-0.05, 0) is 58.4 Å². The van der Waals surface area contributed by atoms with Gasteiger partial charge in [0.1, 0.15) is 5.75 Å². The predicted molar refractivity (Wildman–Crippen MR) is 83.3 cm³/mol. The summed E-state index contributed by atoms with van der Waals surface area (Å²) in [5, 5.41) is 3.50. The number of rotatable bonds is 4. The molecule has 0 aliphatic heterocycles. The van der Waals surface area contributed by atoms with Crippen LogP contribution in [0.5, 0.6) is 5.75 Å². The molecule has 1 N–H and O–H groups in total. The van der Waals surface area contributed by atoms with Crippen molar-refractivity contribution in [2.45, 2.75) is 52.5 Å². The highest BCUT2D eigenvalue weighted by Crippen LogP contribution is 2.33. The molecule has 0 spiro atoms. The van der Waals surface area contributed by atoms with Crippen molar-refractivity contribution in [1.82, 2.24) is 10.3 Å². The summed E-state index contributed by atoms with van der Waals surface area (Å²) in [6.45, 7) is 6.56. The van der Waals surface area contributed by atoms with E-state index in [2.05, 4.69) is 38.1 Å². The smallest absolute Gasteiger partial charge is 0.128 e. The van der Waals surface area contributed by atoms with E-state index in [9.17, 15) is 0 Å². The van der Waals surface area contributed by atoms with E-state index in [1.54, 1.807) is 7.11 Å². The number of ether oxygens (including phenoxy) is 1. The lowest BCUT2D eigenvalue weighted by atomic mass is 9.76. The van der Waals surface area contributed by atoms with E-state index in [0.29, 0.717) is 12.0 Å². The molecule has 0 saturated heterocycles. The van der Waals surface area contributed by atoms with Gasteiger partial charge in [-0.15, -0.1) is 0 Å². The molecule has 3 atom stereocenters. The zero-order chi connectivity index (χ0) is 14.7. The molecule has 0 radical (unpaired) electrons. The number of nitrogens with one attached hydrogen (secondary N) is 1. The van der Waals surface area contributed by atoms with Crippen LogP contribution >= 0.6 is 0 Å². The van der Waals surface area contributed by atoms with Crippen LogP contribution in [0.25, 0.3) is 0 Å². The molecular formula is C17H28N2O. The highest BCUT2D eigenvalue weighted by atomic mass is 16.5. The van der Waals surface area contributed by atoms with E-state index < -0.39 is 0 Å². The Labute approximate surface area is 123 Å². The van der Waals surface area contributed by atoms with Crippen molar-refractivity contribution in [3.63, 3.8) is 0 Å². The first kappa shape index (κ1) is 15.3. The van der Waals surface area contributed by atoms with Crippen LogP contribution in [0.3, 0.4) is 0 Å². The molecule has 1 aromatic rings.